The van der Waals surface area contributed by atoms with E-state index in [9.17, 15) is 0 Å². The van der Waals surface area contributed by atoms with Crippen LogP contribution in [0.3, 0.4) is 0 Å². The molecule has 0 amide bonds. The Labute approximate surface area is 184 Å². The third-order valence-corrected chi connectivity index (χ3v) is 5.46. The minimum Gasteiger partial charge on any atom is -0.380 e. The normalized spacial score (nSPS) is 18.8. The van der Waals surface area contributed by atoms with E-state index in [0.29, 0.717) is 12.1 Å². The monoisotopic (exact) mass is 437 g/mol. The van der Waals surface area contributed by atoms with E-state index in [0.717, 1.165) is 28.2 Å². The van der Waals surface area contributed by atoms with Crippen molar-refractivity contribution < 1.29 is 0 Å². The summed E-state index contributed by atoms with van der Waals surface area (Å²) in [4.78, 5) is 4.45. The van der Waals surface area contributed by atoms with Gasteiger partial charge in [-0.2, -0.15) is 0 Å². The highest BCUT2D eigenvalue weighted by Gasteiger charge is 2.25. The number of anilines is 1. The molecule has 0 radical (unpaired) electrons. The molecule has 1 aliphatic rings. The van der Waals surface area contributed by atoms with Crippen LogP contribution in [0.5, 0.6) is 0 Å². The molecule has 4 rings (SSSR count). The lowest BCUT2D eigenvalue weighted by Crippen LogP contribution is -2.45. The van der Waals surface area contributed by atoms with Crippen molar-refractivity contribution >= 4 is 53.0 Å². The lowest BCUT2D eigenvalue weighted by atomic mass is 9.89. The first-order chi connectivity index (χ1) is 12.8. The van der Waals surface area contributed by atoms with Crippen molar-refractivity contribution in [2.45, 2.75) is 44.3 Å². The summed E-state index contributed by atoms with van der Waals surface area (Å²) in [6, 6.07) is 19.5. The number of hydrogen-bond acceptors (Lipinski definition) is 3. The van der Waals surface area contributed by atoms with Gasteiger partial charge in [0.25, 0.3) is 0 Å². The average molecular weight is 439 g/mol. The first kappa shape index (κ1) is 22.8. The number of nitrogens with one attached hydrogen (secondary N) is 2. The number of fused-ring (bicyclic) bond motifs is 1. The molecule has 1 aliphatic carbocycles. The molecule has 0 bridgehead atoms. The molecule has 28 heavy (non-hydrogen) atoms. The van der Waals surface area contributed by atoms with E-state index >= 15 is 0 Å². The molecule has 3 aromatic rings. The Hall–Kier alpha value is -1.52. The minimum atomic E-state index is 0. The van der Waals surface area contributed by atoms with Crippen molar-refractivity contribution in [2.75, 3.05) is 5.32 Å². The maximum Gasteiger partial charge on any atom is 0.0737 e. The number of pyridine rings is 1. The van der Waals surface area contributed by atoms with E-state index < -0.39 is 0 Å². The van der Waals surface area contributed by atoms with Gasteiger partial charge in [0.05, 0.1) is 5.52 Å². The zero-order valence-electron chi connectivity index (χ0n) is 15.6. The van der Waals surface area contributed by atoms with Gasteiger partial charge < -0.3 is 10.6 Å². The van der Waals surface area contributed by atoms with Crippen LogP contribution in [0.4, 0.5) is 5.69 Å². The Morgan fingerprint density at radius 2 is 1.68 bits per heavy atom. The highest BCUT2D eigenvalue weighted by molar-refractivity contribution is 6.31. The zero-order valence-corrected chi connectivity index (χ0v) is 18.0. The van der Waals surface area contributed by atoms with E-state index in [1.54, 1.807) is 0 Å². The van der Waals surface area contributed by atoms with Crippen LogP contribution in [0.15, 0.2) is 60.8 Å². The SMILES string of the molecule is Cl.Cl.Clc1ccc2c(N[C@H]3CCCC[C@@H]3NCc3ccccc3)ccnc2c1. The van der Waals surface area contributed by atoms with Crippen LogP contribution >= 0.6 is 36.4 Å². The molecule has 2 atom stereocenters. The van der Waals surface area contributed by atoms with Crippen molar-refractivity contribution in [1.82, 2.24) is 10.3 Å². The molecule has 1 fully saturated rings. The number of hydrogen-bond donors (Lipinski definition) is 2. The van der Waals surface area contributed by atoms with Crippen LogP contribution < -0.4 is 10.6 Å². The summed E-state index contributed by atoms with van der Waals surface area (Å²) in [6.07, 6.45) is 6.81. The maximum absolute atomic E-state index is 6.12. The fourth-order valence-corrected chi connectivity index (χ4v) is 4.01. The second-order valence-electron chi connectivity index (χ2n) is 7.03. The summed E-state index contributed by atoms with van der Waals surface area (Å²) < 4.78 is 0. The first-order valence-electron chi connectivity index (χ1n) is 9.38. The van der Waals surface area contributed by atoms with Gasteiger partial charge in [0.2, 0.25) is 0 Å². The molecule has 2 N–H and O–H groups in total. The van der Waals surface area contributed by atoms with E-state index in [1.165, 1.54) is 31.2 Å². The van der Waals surface area contributed by atoms with Gasteiger partial charge >= 0.3 is 0 Å². The van der Waals surface area contributed by atoms with Gasteiger partial charge in [-0.3, -0.25) is 4.98 Å². The smallest absolute Gasteiger partial charge is 0.0737 e. The van der Waals surface area contributed by atoms with Gasteiger partial charge in [-0.25, -0.2) is 0 Å². The second-order valence-corrected chi connectivity index (χ2v) is 7.46. The molecule has 1 saturated carbocycles. The van der Waals surface area contributed by atoms with Gasteiger partial charge in [0.1, 0.15) is 0 Å². The lowest BCUT2D eigenvalue weighted by Gasteiger charge is -2.34. The molecule has 0 aliphatic heterocycles. The zero-order chi connectivity index (χ0) is 17.8. The number of nitrogens with zero attached hydrogens (tertiary/aromatic N) is 1. The number of halogens is 3. The molecule has 3 nitrogen and oxygen atoms in total. The highest BCUT2D eigenvalue weighted by Crippen LogP contribution is 2.28. The van der Waals surface area contributed by atoms with Crippen LogP contribution in [0.25, 0.3) is 10.9 Å². The first-order valence-corrected chi connectivity index (χ1v) is 9.75. The summed E-state index contributed by atoms with van der Waals surface area (Å²) in [7, 11) is 0. The Morgan fingerprint density at radius 1 is 0.929 bits per heavy atom. The van der Waals surface area contributed by atoms with Crippen LogP contribution in [-0.4, -0.2) is 17.1 Å². The second kappa shape index (κ2) is 10.9. The van der Waals surface area contributed by atoms with Crippen molar-refractivity contribution in [1.29, 1.82) is 0 Å². The quantitative estimate of drug-likeness (QED) is 0.494. The molecule has 1 aromatic heterocycles. The van der Waals surface area contributed by atoms with Gasteiger partial charge in [-0.05, 0) is 42.7 Å². The Bertz CT molecular complexity index is 873. The largest absolute Gasteiger partial charge is 0.380 e. The molecule has 0 unspecified atom stereocenters. The fraction of sp³-hybridized carbons (Fsp3) is 0.318. The Balaban J connectivity index is 0.00000140. The van der Waals surface area contributed by atoms with Crippen molar-refractivity contribution in [3.8, 4) is 0 Å². The van der Waals surface area contributed by atoms with Crippen molar-refractivity contribution in [2.24, 2.45) is 0 Å². The van der Waals surface area contributed by atoms with Crippen LogP contribution in [0.2, 0.25) is 5.02 Å². The van der Waals surface area contributed by atoms with Crippen LogP contribution in [0, 0.1) is 0 Å². The molecule has 1 heterocycles. The summed E-state index contributed by atoms with van der Waals surface area (Å²) in [5.74, 6) is 0. The molecule has 0 saturated heterocycles. The minimum absolute atomic E-state index is 0. The average Bonchev–Trinajstić information content (AvgIpc) is 2.68. The third kappa shape index (κ3) is 5.51. The molecule has 150 valence electrons. The van der Waals surface area contributed by atoms with Gasteiger partial charge in [0.15, 0.2) is 0 Å². The van der Waals surface area contributed by atoms with E-state index in [-0.39, 0.29) is 24.8 Å². The van der Waals surface area contributed by atoms with E-state index in [4.69, 9.17) is 11.6 Å². The highest BCUT2D eigenvalue weighted by atomic mass is 35.5. The predicted octanol–water partition coefficient (Wildman–Crippen LogP) is 6.24. The standard InChI is InChI=1S/C22H24ClN3.2ClH/c23-17-10-11-18-19(12-13-24-22(18)14-17)26-21-9-5-4-8-20(21)25-15-16-6-2-1-3-7-16;;/h1-3,6-7,10-14,20-21,25H,4-5,8-9,15H2,(H,24,26);2*1H/t20-,21-;;/m0../s1. The predicted molar refractivity (Wildman–Crippen MR) is 124 cm³/mol. The number of benzene rings is 2. The molecule has 2 aromatic carbocycles. The number of rotatable bonds is 5. The summed E-state index contributed by atoms with van der Waals surface area (Å²) in [6.45, 7) is 0.913. The van der Waals surface area contributed by atoms with E-state index in [2.05, 4.69) is 58.1 Å². The number of aromatic nitrogens is 1. The summed E-state index contributed by atoms with van der Waals surface area (Å²) in [5, 5.41) is 9.40. The molecular weight excluding hydrogens is 413 g/mol. The molecule has 6 heteroatoms. The topological polar surface area (TPSA) is 37.0 Å². The lowest BCUT2D eigenvalue weighted by molar-refractivity contribution is 0.342. The van der Waals surface area contributed by atoms with Crippen LogP contribution in [-0.2, 0) is 6.54 Å². The van der Waals surface area contributed by atoms with Crippen molar-refractivity contribution in [3.05, 3.63) is 71.4 Å². The maximum atomic E-state index is 6.12. The summed E-state index contributed by atoms with van der Waals surface area (Å²) in [5.41, 5.74) is 3.41. The van der Waals surface area contributed by atoms with E-state index in [1.807, 2.05) is 18.3 Å². The summed E-state index contributed by atoms with van der Waals surface area (Å²) >= 11 is 6.12. The Kier molecular flexibility index (Phi) is 8.84. The Morgan fingerprint density at radius 3 is 2.46 bits per heavy atom. The van der Waals surface area contributed by atoms with Gasteiger partial charge in [-0.15, -0.1) is 24.8 Å². The van der Waals surface area contributed by atoms with Gasteiger partial charge in [-0.1, -0.05) is 54.8 Å². The van der Waals surface area contributed by atoms with Gasteiger partial charge in [0, 0.05) is 40.9 Å². The van der Waals surface area contributed by atoms with Crippen LogP contribution in [0.1, 0.15) is 31.2 Å². The molecular formula is C22H26Cl3N3. The molecule has 0 spiro atoms. The fourth-order valence-electron chi connectivity index (χ4n) is 3.84. The van der Waals surface area contributed by atoms with Crippen molar-refractivity contribution in [3.63, 3.8) is 0 Å². The third-order valence-electron chi connectivity index (χ3n) is 5.22.